The first-order chi connectivity index (χ1) is 31.9. The molecule has 5 aromatic rings. The minimum atomic E-state index is -0.811. The third-order valence-electron chi connectivity index (χ3n) is 13.9. The number of benzene rings is 3. The number of H-pyrrole nitrogens is 2. The number of nitrogens with one attached hydrogen (secondary N) is 4. The molecule has 0 unspecified atom stereocenters. The van der Waals surface area contributed by atoms with Crippen molar-refractivity contribution >= 4 is 51.8 Å². The van der Waals surface area contributed by atoms with Crippen LogP contribution in [0.1, 0.15) is 139 Å². The highest BCUT2D eigenvalue weighted by atomic mass is 19.1. The van der Waals surface area contributed by atoms with Gasteiger partial charge in [0, 0.05) is 29.9 Å². The number of carbonyl (C=O) groups excluding carboxylic acids is 4. The summed E-state index contributed by atoms with van der Waals surface area (Å²) in [5.41, 5.74) is 3.95. The lowest BCUT2D eigenvalue weighted by Crippen LogP contribution is -2.51. The van der Waals surface area contributed by atoms with Crippen molar-refractivity contribution in [2.24, 2.45) is 11.8 Å². The minimum Gasteiger partial charge on any atom is -0.453 e. The Hall–Kier alpha value is -6.26. The summed E-state index contributed by atoms with van der Waals surface area (Å²) >= 11 is 0. The van der Waals surface area contributed by atoms with E-state index in [1.54, 1.807) is 21.9 Å². The van der Waals surface area contributed by atoms with Crippen molar-refractivity contribution in [1.82, 2.24) is 40.4 Å². The molecule has 0 spiro atoms. The lowest BCUT2D eigenvalue weighted by Gasteiger charge is -2.34. The van der Waals surface area contributed by atoms with Gasteiger partial charge in [-0.25, -0.2) is 28.3 Å². The van der Waals surface area contributed by atoms with E-state index < -0.39 is 60.1 Å². The maximum atomic E-state index is 17.2. The van der Waals surface area contributed by atoms with Crippen LogP contribution in [0, 0.1) is 23.5 Å². The second kappa shape index (κ2) is 18.8. The number of amides is 4. The predicted octanol–water partition coefficient (Wildman–Crippen LogP) is 9.19. The van der Waals surface area contributed by atoms with E-state index in [0.29, 0.717) is 85.4 Å². The van der Waals surface area contributed by atoms with Gasteiger partial charge in [0.15, 0.2) is 11.6 Å². The molecule has 0 bridgehead atoms. The average Bonchev–Trinajstić information content (AvgIpc) is 4.15. The molecule has 6 atom stereocenters. The second-order valence-electron chi connectivity index (χ2n) is 19.9. The van der Waals surface area contributed by atoms with Gasteiger partial charge in [0.1, 0.15) is 34.8 Å². The molecule has 3 aliphatic heterocycles. The molecule has 3 aliphatic rings. The lowest BCUT2D eigenvalue weighted by atomic mass is 9.87. The zero-order valence-electron chi connectivity index (χ0n) is 39.8. The Balaban J connectivity index is 1.12. The van der Waals surface area contributed by atoms with Gasteiger partial charge in [-0.15, -0.1) is 0 Å². The quantitative estimate of drug-likeness (QED) is 0.101. The number of alkyl carbamates (subject to hydrolysis) is 2. The molecule has 358 valence electrons. The molecule has 0 radical (unpaired) electrons. The Morgan fingerprint density at radius 2 is 1.06 bits per heavy atom. The molecule has 67 heavy (non-hydrogen) atoms. The highest BCUT2D eigenvalue weighted by Crippen LogP contribution is 2.49. The average molecular weight is 924 g/mol. The zero-order valence-corrected chi connectivity index (χ0v) is 39.8. The number of imidazole rings is 2. The molecule has 8 rings (SSSR count). The van der Waals surface area contributed by atoms with Gasteiger partial charge in [-0.1, -0.05) is 72.7 Å². The third-order valence-corrected chi connectivity index (χ3v) is 13.9. The van der Waals surface area contributed by atoms with Crippen LogP contribution < -0.4 is 15.5 Å². The SMILES string of the molecule is COC(=O)N[C@H](C(=O)N1CCC[C@H]1c1nc2c(F)c([C@H]3CC[C@@H](c4ccc5[nH]c([C@@H]6CCCN6C(=O)[C@@H](NC(=O)OC)C(C)C)nc5c4F)N3c3ccc(C(C)(C)C)cc3)ccc2[nH]1)C(C)C. The van der Waals surface area contributed by atoms with Crippen molar-refractivity contribution in [2.45, 2.75) is 129 Å². The molecule has 0 saturated carbocycles. The standard InChI is InChI=1S/C50H63F2N9O6/c1-26(2)40(57-48(64)66-8)46(62)59-24-10-12-36(59)44-53-32-20-18-30(38(51)42(32)55-44)34-22-23-35(61(34)29-16-14-28(15-17-29)50(5,6)7)31-19-21-33-43(39(31)52)56-45(54-33)37-13-11-25-60(37)47(63)41(27(3)4)58-49(65)67-9/h14-21,26-27,34-37,40-41H,10-13,22-25H2,1-9H3,(H,53,55)(H,54,56)(H,57,64)(H,58,65)/t34-,35+,36-,37-,40-,41-/m0/s1. The number of hydrogen-bond donors (Lipinski definition) is 4. The maximum absolute atomic E-state index is 17.2. The molecule has 3 saturated heterocycles. The molecule has 4 N–H and O–H groups in total. The van der Waals surface area contributed by atoms with Crippen LogP contribution in [-0.2, 0) is 24.5 Å². The van der Waals surface area contributed by atoms with Gasteiger partial charge >= 0.3 is 12.2 Å². The lowest BCUT2D eigenvalue weighted by molar-refractivity contribution is -0.136. The van der Waals surface area contributed by atoms with E-state index in [4.69, 9.17) is 19.4 Å². The Bertz CT molecular complexity index is 2510. The summed E-state index contributed by atoms with van der Waals surface area (Å²) in [6.07, 6.45) is 2.30. The van der Waals surface area contributed by atoms with Crippen LogP contribution in [0.25, 0.3) is 22.1 Å². The van der Waals surface area contributed by atoms with Crippen LogP contribution in [0.5, 0.6) is 0 Å². The number of rotatable bonds is 11. The number of hydrogen-bond acceptors (Lipinski definition) is 9. The number of methoxy groups -OCH3 is 2. The van der Waals surface area contributed by atoms with Gasteiger partial charge in [0.05, 0.1) is 49.4 Å². The molecular formula is C50H63F2N9O6. The van der Waals surface area contributed by atoms with Crippen molar-refractivity contribution in [3.63, 3.8) is 0 Å². The summed E-state index contributed by atoms with van der Waals surface area (Å²) in [7, 11) is 2.51. The molecule has 17 heteroatoms. The molecule has 4 amide bonds. The summed E-state index contributed by atoms with van der Waals surface area (Å²) in [6, 6.07) is 11.9. The smallest absolute Gasteiger partial charge is 0.407 e. The van der Waals surface area contributed by atoms with Crippen LogP contribution in [0.4, 0.5) is 24.1 Å². The van der Waals surface area contributed by atoms with E-state index in [0.717, 1.165) is 11.3 Å². The van der Waals surface area contributed by atoms with Crippen molar-refractivity contribution < 1.29 is 37.4 Å². The molecule has 5 heterocycles. The Labute approximate surface area is 389 Å². The Morgan fingerprint density at radius 3 is 1.43 bits per heavy atom. The zero-order chi connectivity index (χ0) is 48.1. The molecule has 15 nitrogen and oxygen atoms in total. The van der Waals surface area contributed by atoms with Crippen LogP contribution in [-0.4, -0.2) is 93.1 Å². The fourth-order valence-corrected chi connectivity index (χ4v) is 10.3. The van der Waals surface area contributed by atoms with Crippen molar-refractivity contribution in [2.75, 3.05) is 32.2 Å². The molecular weight excluding hydrogens is 861 g/mol. The van der Waals surface area contributed by atoms with Crippen LogP contribution >= 0.6 is 0 Å². The number of fused-ring (bicyclic) bond motifs is 2. The van der Waals surface area contributed by atoms with Gasteiger partial charge in [-0.05, 0) is 85.6 Å². The summed E-state index contributed by atoms with van der Waals surface area (Å²) in [6.45, 7) is 14.7. The Morgan fingerprint density at radius 1 is 0.642 bits per heavy atom. The summed E-state index contributed by atoms with van der Waals surface area (Å²) in [5, 5.41) is 5.34. The van der Waals surface area contributed by atoms with Crippen molar-refractivity contribution in [1.29, 1.82) is 0 Å². The minimum absolute atomic E-state index is 0.119. The number of likely N-dealkylation sites (tertiary alicyclic amines) is 2. The fourth-order valence-electron chi connectivity index (χ4n) is 10.3. The second-order valence-corrected chi connectivity index (χ2v) is 19.9. The van der Waals surface area contributed by atoms with Gasteiger partial charge in [0.2, 0.25) is 11.8 Å². The molecule has 2 aromatic heterocycles. The monoisotopic (exact) mass is 923 g/mol. The van der Waals surface area contributed by atoms with E-state index >= 15 is 8.78 Å². The van der Waals surface area contributed by atoms with E-state index in [2.05, 4.69) is 58.4 Å². The first kappa shape index (κ1) is 47.2. The van der Waals surface area contributed by atoms with Crippen molar-refractivity contribution in [3.8, 4) is 0 Å². The third kappa shape index (κ3) is 9.00. The molecule has 3 aromatic carbocycles. The molecule has 3 fully saturated rings. The van der Waals surface area contributed by atoms with Crippen molar-refractivity contribution in [3.05, 3.63) is 88.5 Å². The summed E-state index contributed by atoms with van der Waals surface area (Å²) in [4.78, 5) is 73.8. The number of nitrogens with zero attached hydrogens (tertiary/aromatic N) is 5. The van der Waals surface area contributed by atoms with Crippen LogP contribution in [0.15, 0.2) is 48.5 Å². The summed E-state index contributed by atoms with van der Waals surface area (Å²) in [5.74, 6) is -0.981. The predicted molar refractivity (Wildman–Crippen MR) is 250 cm³/mol. The largest absolute Gasteiger partial charge is 0.453 e. The van der Waals surface area contributed by atoms with Crippen LogP contribution in [0.2, 0.25) is 0 Å². The van der Waals surface area contributed by atoms with Gasteiger partial charge in [-0.2, -0.15) is 0 Å². The highest BCUT2D eigenvalue weighted by Gasteiger charge is 2.42. The number of aromatic nitrogens is 4. The number of anilines is 1. The van der Waals surface area contributed by atoms with E-state index in [1.165, 1.54) is 14.2 Å². The Kier molecular flexibility index (Phi) is 13.2. The van der Waals surface area contributed by atoms with Gasteiger partial charge < -0.3 is 44.8 Å². The normalized spacial score (nSPS) is 20.9. The fraction of sp³-hybridized carbons (Fsp3) is 0.520. The number of ether oxygens (including phenoxy) is 2. The highest BCUT2D eigenvalue weighted by molar-refractivity contribution is 5.88. The maximum Gasteiger partial charge on any atom is 0.407 e. The van der Waals surface area contributed by atoms with Gasteiger partial charge in [-0.3, -0.25) is 9.59 Å². The molecule has 0 aliphatic carbocycles. The van der Waals surface area contributed by atoms with Gasteiger partial charge in [0.25, 0.3) is 0 Å². The topological polar surface area (TPSA) is 178 Å². The van der Waals surface area contributed by atoms with E-state index in [9.17, 15) is 19.2 Å². The number of halogens is 2. The number of carbonyl (C=O) groups is 4. The van der Waals surface area contributed by atoms with Crippen LogP contribution in [0.3, 0.4) is 0 Å². The number of aromatic amines is 2. The van der Waals surface area contributed by atoms with E-state index in [-0.39, 0.29) is 40.1 Å². The first-order valence-electron chi connectivity index (χ1n) is 23.5. The first-order valence-corrected chi connectivity index (χ1v) is 23.5. The van der Waals surface area contributed by atoms with E-state index in [1.807, 2.05) is 52.0 Å². The summed E-state index contributed by atoms with van der Waals surface area (Å²) < 4.78 is 44.1.